The first-order chi connectivity index (χ1) is 6.19. The summed E-state index contributed by atoms with van der Waals surface area (Å²) >= 11 is 8.08. The Kier molecular flexibility index (Phi) is 4.00. The number of hydrogen-bond acceptors (Lipinski definition) is 2. The first-order valence-electron chi connectivity index (χ1n) is 3.56. The maximum atomic E-state index is 5.93. The number of rotatable bonds is 2. The summed E-state index contributed by atoms with van der Waals surface area (Å²) in [5, 5.41) is 0.689. The fourth-order valence-corrected chi connectivity index (χ4v) is 1.46. The van der Waals surface area contributed by atoms with Crippen molar-refractivity contribution in [3.05, 3.63) is 32.4 Å². The molecule has 0 amide bonds. The van der Waals surface area contributed by atoms with Gasteiger partial charge < -0.3 is 0 Å². The van der Waals surface area contributed by atoms with Crippen LogP contribution in [0.5, 0.6) is 0 Å². The van der Waals surface area contributed by atoms with Crippen molar-refractivity contribution in [2.45, 2.75) is 6.04 Å². The molecule has 0 fully saturated rings. The molecule has 2 nitrogen and oxygen atoms in total. The second-order valence-electron chi connectivity index (χ2n) is 2.44. The van der Waals surface area contributed by atoms with E-state index < -0.39 is 0 Å². The second-order valence-corrected chi connectivity index (χ2v) is 4.01. The third-order valence-corrected chi connectivity index (χ3v) is 3.18. The number of nitrogens with two attached hydrogens (primary N) is 1. The average molecular weight is 307 g/mol. The van der Waals surface area contributed by atoms with Crippen LogP contribution in [0.4, 0.5) is 0 Å². The molecule has 0 aliphatic heterocycles. The largest absolute Gasteiger partial charge is 0.270 e. The van der Waals surface area contributed by atoms with Gasteiger partial charge in [0.05, 0.1) is 5.02 Å². The molecule has 4 heteroatoms. The zero-order chi connectivity index (χ0) is 9.84. The molecule has 13 heavy (non-hydrogen) atoms. The van der Waals surface area contributed by atoms with Crippen LogP contribution in [-0.2, 0) is 0 Å². The summed E-state index contributed by atoms with van der Waals surface area (Å²) in [5.41, 5.74) is 3.42. The van der Waals surface area contributed by atoms with Gasteiger partial charge in [-0.25, -0.2) is 5.43 Å². The molecule has 0 bridgehead atoms. The lowest BCUT2D eigenvalue weighted by Crippen LogP contribution is -2.26. The number of nitrogens with one attached hydrogen (secondary N) is 1. The number of benzene rings is 1. The van der Waals surface area contributed by atoms with E-state index >= 15 is 0 Å². The smallest absolute Gasteiger partial charge is 0.107 e. The Morgan fingerprint density at radius 3 is 2.77 bits per heavy atom. The molecular weight excluding hydrogens is 298 g/mol. The fraction of sp³-hybridized carbons (Fsp3) is 0.111. The van der Waals surface area contributed by atoms with Crippen LogP contribution >= 0.6 is 34.2 Å². The van der Waals surface area contributed by atoms with E-state index in [1.807, 2.05) is 18.2 Å². The summed E-state index contributed by atoms with van der Waals surface area (Å²) < 4.78 is 0.996. The molecule has 1 atom stereocenters. The van der Waals surface area contributed by atoms with Crippen LogP contribution in [0.2, 0.25) is 5.02 Å². The Morgan fingerprint density at radius 2 is 2.31 bits per heavy atom. The molecule has 3 N–H and O–H groups in total. The highest BCUT2D eigenvalue weighted by Crippen LogP contribution is 2.22. The van der Waals surface area contributed by atoms with Crippen LogP contribution in [-0.4, -0.2) is 0 Å². The Bertz CT molecular complexity index is 346. The first-order valence-corrected chi connectivity index (χ1v) is 5.02. The molecule has 1 rings (SSSR count). The Labute approximate surface area is 96.0 Å². The Balaban J connectivity index is 3.04. The predicted molar refractivity (Wildman–Crippen MR) is 63.1 cm³/mol. The molecule has 1 aromatic carbocycles. The third-order valence-electron chi connectivity index (χ3n) is 1.61. The average Bonchev–Trinajstić information content (AvgIpc) is 2.13. The van der Waals surface area contributed by atoms with Crippen LogP contribution < -0.4 is 11.3 Å². The van der Waals surface area contributed by atoms with Crippen molar-refractivity contribution < 1.29 is 0 Å². The summed E-state index contributed by atoms with van der Waals surface area (Å²) in [6.07, 6.45) is 5.27. The monoisotopic (exact) mass is 306 g/mol. The third kappa shape index (κ3) is 2.58. The maximum Gasteiger partial charge on any atom is 0.107 e. The van der Waals surface area contributed by atoms with Gasteiger partial charge in [0, 0.05) is 3.57 Å². The van der Waals surface area contributed by atoms with Crippen molar-refractivity contribution in [3.8, 4) is 12.3 Å². The van der Waals surface area contributed by atoms with Crippen LogP contribution in [0, 0.1) is 15.9 Å². The molecule has 0 aliphatic carbocycles. The summed E-state index contributed by atoms with van der Waals surface area (Å²) in [6.45, 7) is 0. The molecule has 0 saturated heterocycles. The van der Waals surface area contributed by atoms with E-state index in [1.54, 1.807) is 0 Å². The minimum atomic E-state index is -0.283. The molecule has 0 spiro atoms. The zero-order valence-corrected chi connectivity index (χ0v) is 9.63. The summed E-state index contributed by atoms with van der Waals surface area (Å²) in [6, 6.07) is 5.33. The van der Waals surface area contributed by atoms with Crippen molar-refractivity contribution in [1.29, 1.82) is 0 Å². The molecule has 68 valence electrons. The van der Waals surface area contributed by atoms with E-state index in [0.29, 0.717) is 5.02 Å². The number of hydrogen-bond donors (Lipinski definition) is 2. The van der Waals surface area contributed by atoms with E-state index in [4.69, 9.17) is 23.9 Å². The topological polar surface area (TPSA) is 38.0 Å². The number of terminal acetylenes is 1. The highest BCUT2D eigenvalue weighted by molar-refractivity contribution is 14.1. The number of halogens is 2. The maximum absolute atomic E-state index is 5.93. The second kappa shape index (κ2) is 4.82. The van der Waals surface area contributed by atoms with Crippen LogP contribution in [0.1, 0.15) is 11.6 Å². The van der Waals surface area contributed by atoms with Gasteiger partial charge in [-0.3, -0.25) is 5.84 Å². The minimum Gasteiger partial charge on any atom is -0.270 e. The van der Waals surface area contributed by atoms with Gasteiger partial charge in [0.25, 0.3) is 0 Å². The molecule has 0 heterocycles. The predicted octanol–water partition coefficient (Wildman–Crippen LogP) is 2.08. The summed E-state index contributed by atoms with van der Waals surface area (Å²) in [4.78, 5) is 0. The standard InChI is InChI=1S/C9H8ClIN2/c1-2-9(13-12)6-3-4-8(11)7(10)5-6/h1,3-5,9,13H,12H2. The molecule has 1 unspecified atom stereocenters. The van der Waals surface area contributed by atoms with Crippen LogP contribution in [0.15, 0.2) is 18.2 Å². The molecule has 1 aromatic rings. The van der Waals surface area contributed by atoms with E-state index in [-0.39, 0.29) is 6.04 Å². The van der Waals surface area contributed by atoms with E-state index in [9.17, 15) is 0 Å². The highest BCUT2D eigenvalue weighted by atomic mass is 127. The molecule has 0 aromatic heterocycles. The fourth-order valence-electron chi connectivity index (χ4n) is 0.933. The van der Waals surface area contributed by atoms with Crippen molar-refractivity contribution >= 4 is 34.2 Å². The lowest BCUT2D eigenvalue weighted by atomic mass is 10.1. The Morgan fingerprint density at radius 1 is 1.62 bits per heavy atom. The van der Waals surface area contributed by atoms with Gasteiger partial charge in [-0.1, -0.05) is 23.6 Å². The lowest BCUT2D eigenvalue weighted by Gasteiger charge is -2.09. The van der Waals surface area contributed by atoms with E-state index in [1.165, 1.54) is 0 Å². The summed E-state index contributed by atoms with van der Waals surface area (Å²) in [5.74, 6) is 7.78. The number of hydrazine groups is 1. The normalized spacial score (nSPS) is 12.2. The highest BCUT2D eigenvalue weighted by Gasteiger charge is 2.06. The molecule has 0 aliphatic rings. The van der Waals surface area contributed by atoms with Crippen LogP contribution in [0.25, 0.3) is 0 Å². The van der Waals surface area contributed by atoms with Gasteiger partial charge in [0.2, 0.25) is 0 Å². The first kappa shape index (κ1) is 10.8. The van der Waals surface area contributed by atoms with Gasteiger partial charge >= 0.3 is 0 Å². The van der Waals surface area contributed by atoms with Crippen molar-refractivity contribution in [1.82, 2.24) is 5.43 Å². The van der Waals surface area contributed by atoms with E-state index in [2.05, 4.69) is 33.9 Å². The van der Waals surface area contributed by atoms with Gasteiger partial charge in [-0.15, -0.1) is 6.42 Å². The quantitative estimate of drug-likeness (QED) is 0.380. The van der Waals surface area contributed by atoms with Crippen LogP contribution in [0.3, 0.4) is 0 Å². The van der Waals surface area contributed by atoms with Gasteiger partial charge in [0.15, 0.2) is 0 Å². The molecule has 0 radical (unpaired) electrons. The SMILES string of the molecule is C#CC(NN)c1ccc(I)c(Cl)c1. The lowest BCUT2D eigenvalue weighted by molar-refractivity contribution is 0.673. The van der Waals surface area contributed by atoms with Gasteiger partial charge in [-0.05, 0) is 40.3 Å². The van der Waals surface area contributed by atoms with E-state index in [0.717, 1.165) is 9.13 Å². The van der Waals surface area contributed by atoms with Gasteiger partial charge in [-0.2, -0.15) is 0 Å². The van der Waals surface area contributed by atoms with Crippen molar-refractivity contribution in [3.63, 3.8) is 0 Å². The van der Waals surface area contributed by atoms with Crippen molar-refractivity contribution in [2.75, 3.05) is 0 Å². The summed E-state index contributed by atoms with van der Waals surface area (Å²) in [7, 11) is 0. The Hall–Kier alpha value is -0.280. The molecule has 0 saturated carbocycles. The minimum absolute atomic E-state index is 0.283. The molecular formula is C9H8ClIN2. The van der Waals surface area contributed by atoms with Gasteiger partial charge in [0.1, 0.15) is 6.04 Å². The van der Waals surface area contributed by atoms with Crippen molar-refractivity contribution in [2.24, 2.45) is 5.84 Å². The zero-order valence-electron chi connectivity index (χ0n) is 6.72.